The van der Waals surface area contributed by atoms with E-state index in [1.807, 2.05) is 92.6 Å². The molecule has 7 heterocycles. The van der Waals surface area contributed by atoms with E-state index in [9.17, 15) is 79.0 Å². The van der Waals surface area contributed by atoms with Gasteiger partial charge in [0.25, 0.3) is 0 Å². The van der Waals surface area contributed by atoms with Crippen molar-refractivity contribution in [3.05, 3.63) is 307 Å². The fraction of sp³-hybridized carbons (Fsp3) is 0.191. The van der Waals surface area contributed by atoms with E-state index in [4.69, 9.17) is 11.5 Å². The summed E-state index contributed by atoms with van der Waals surface area (Å²) in [4.78, 5) is 27.0. The molecule has 16 rings (SSSR count). The summed E-state index contributed by atoms with van der Waals surface area (Å²) < 4.78 is 236. The van der Waals surface area contributed by atoms with Gasteiger partial charge in [-0.05, 0) is 202 Å². The largest absolute Gasteiger partial charge is 0.417 e. The summed E-state index contributed by atoms with van der Waals surface area (Å²) in [6, 6.07) is 61.3. The van der Waals surface area contributed by atoms with Crippen molar-refractivity contribution in [1.82, 2.24) is 34.5 Å². The SMILES string of the molecule is CCc1cc(CC(F)(F)F)c2ccc(N)cc2n1.Cc1cc(C(F)(F)F)c2ccc(-n3c4ccccc4c4ccccc43)cc2n1.Cc1cc(C(F)(F)F)c2ccc(Cc3ccccc3)cc2n1.Cc1cc(C(F)(F)F)c2ccc(I)cc2n1.Cc1cc(C(F)(F)F)c2ccc(N(C)C)cc2n1.Cc1cc(C(F)(F)F)c2ccc(N)cc2n1. The van der Waals surface area contributed by atoms with E-state index in [2.05, 4.69) is 69.2 Å². The standard InChI is InChI=1S/C23H15F3N2.C18H14F3N.2C13H13F3N2.C11H7F3IN.C11H9F3N2/c1-14-12-19(23(24,25)26)18-11-10-15(13-20(18)27-14)28-21-8-4-2-6-16(21)17-7-3-5-9-22(17)28;1-12-9-16(18(19,20)21)15-8-7-14(11-17(15)22-12)10-13-5-3-2-4-6-13;1-8-6-11(13(14,15)16)10-5-4-9(18(2)3)7-12(10)17-8;1-2-10-5-8(7-13(14,15)16)11-4-3-9(17)6-12(11)18-10;2*1-6-4-9(11(12,13)14)8-3-2-7(15)5-10(8)16-6/h2-13H,1H3;2-9,11H,10H2,1H3;4-7H,1-3H3;3-6H,2,7,17H2,1H3;2-5H,1H3;2-5H,15H2,1H3. The minimum absolute atomic E-state index is 0.0762. The Morgan fingerprint density at radius 3 is 1.12 bits per heavy atom. The average Bonchev–Trinajstić information content (AvgIpc) is 1.57. The number of fused-ring (bicyclic) bond motifs is 9. The van der Waals surface area contributed by atoms with Crippen molar-refractivity contribution in [1.29, 1.82) is 0 Å². The number of para-hydroxylation sites is 2. The summed E-state index contributed by atoms with van der Waals surface area (Å²) in [6.07, 6.45) is -25.7. The first-order valence-electron chi connectivity index (χ1n) is 36.1. The Morgan fingerprint density at radius 1 is 0.339 bits per heavy atom. The van der Waals surface area contributed by atoms with Gasteiger partial charge in [-0.1, -0.05) is 116 Å². The van der Waals surface area contributed by atoms with Gasteiger partial charge in [0.2, 0.25) is 0 Å². The number of anilines is 3. The fourth-order valence-electron chi connectivity index (χ4n) is 13.5. The molecular weight excluding hydrogens is 1680 g/mol. The van der Waals surface area contributed by atoms with E-state index in [0.29, 0.717) is 91.3 Å². The average molecular weight is 1750 g/mol. The second kappa shape index (κ2) is 34.7. The maximum Gasteiger partial charge on any atom is 0.417 e. The molecule has 0 bridgehead atoms. The van der Waals surface area contributed by atoms with Crippen molar-refractivity contribution < 1.29 is 79.0 Å². The fourth-order valence-corrected chi connectivity index (χ4v) is 13.9. The van der Waals surface area contributed by atoms with E-state index >= 15 is 0 Å². The van der Waals surface area contributed by atoms with Gasteiger partial charge in [-0.2, -0.15) is 79.0 Å². The van der Waals surface area contributed by atoms with Crippen molar-refractivity contribution in [3.63, 3.8) is 0 Å². The van der Waals surface area contributed by atoms with Gasteiger partial charge >= 0.3 is 37.1 Å². The van der Waals surface area contributed by atoms with Crippen molar-refractivity contribution in [2.45, 2.75) is 97.9 Å². The van der Waals surface area contributed by atoms with Crippen LogP contribution in [0.2, 0.25) is 0 Å². The van der Waals surface area contributed by atoms with Gasteiger partial charge in [-0.25, -0.2) is 0 Å². The molecule has 610 valence electrons. The van der Waals surface area contributed by atoms with Crippen LogP contribution in [0.4, 0.5) is 96.1 Å². The van der Waals surface area contributed by atoms with Crippen LogP contribution in [0.1, 0.15) is 85.6 Å². The number of hydrogen-bond donors (Lipinski definition) is 2. The van der Waals surface area contributed by atoms with Crippen LogP contribution < -0.4 is 16.4 Å². The highest BCUT2D eigenvalue weighted by Crippen LogP contribution is 2.42. The van der Waals surface area contributed by atoms with Crippen LogP contribution in [-0.2, 0) is 50.1 Å². The maximum absolute atomic E-state index is 13.5. The lowest BCUT2D eigenvalue weighted by molar-refractivity contribution is -0.137. The molecule has 0 atom stereocenters. The number of halogens is 19. The second-order valence-corrected chi connectivity index (χ2v) is 29.1. The molecule has 0 radical (unpaired) electrons. The third-order valence-electron chi connectivity index (χ3n) is 18.6. The number of alkyl halides is 18. The van der Waals surface area contributed by atoms with Gasteiger partial charge in [0.05, 0.1) is 78.4 Å². The third kappa shape index (κ3) is 21.1. The lowest BCUT2D eigenvalue weighted by Crippen LogP contribution is -2.12. The zero-order chi connectivity index (χ0) is 85.9. The van der Waals surface area contributed by atoms with Crippen molar-refractivity contribution >= 4 is 127 Å². The first-order valence-corrected chi connectivity index (χ1v) is 37.2. The Bertz CT molecular complexity index is 6210. The van der Waals surface area contributed by atoms with Gasteiger partial charge in [0.15, 0.2) is 0 Å². The van der Waals surface area contributed by atoms with Crippen LogP contribution in [-0.4, -0.2) is 54.7 Å². The van der Waals surface area contributed by atoms with Crippen LogP contribution >= 0.6 is 22.6 Å². The number of rotatable bonds is 6. The van der Waals surface area contributed by atoms with E-state index in [1.54, 1.807) is 94.4 Å². The molecule has 16 aromatic rings. The summed E-state index contributed by atoms with van der Waals surface area (Å²) in [6.45, 7) is 9.68. The van der Waals surface area contributed by atoms with Crippen LogP contribution in [0.25, 0.3) is 92.9 Å². The number of nitrogens with zero attached hydrogens (tertiary/aromatic N) is 8. The van der Waals surface area contributed by atoms with Crippen LogP contribution in [0.5, 0.6) is 0 Å². The molecule has 118 heavy (non-hydrogen) atoms. The van der Waals surface area contributed by atoms with Crippen LogP contribution in [0.3, 0.4) is 0 Å². The first-order chi connectivity index (χ1) is 55.3. The van der Waals surface area contributed by atoms with E-state index in [0.717, 1.165) is 78.2 Å². The number of benzene rings is 9. The number of nitrogens with two attached hydrogens (primary N) is 2. The Labute approximate surface area is 677 Å². The third-order valence-corrected chi connectivity index (χ3v) is 19.2. The topological polar surface area (TPSA) is 138 Å². The number of hydrogen-bond acceptors (Lipinski definition) is 9. The quantitative estimate of drug-likeness (QED) is 0.0947. The molecule has 0 amide bonds. The van der Waals surface area contributed by atoms with Crippen molar-refractivity contribution in [3.8, 4) is 5.69 Å². The molecule has 0 aliphatic carbocycles. The van der Waals surface area contributed by atoms with E-state index in [1.165, 1.54) is 55.5 Å². The highest BCUT2D eigenvalue weighted by Gasteiger charge is 2.38. The Morgan fingerprint density at radius 2 is 0.695 bits per heavy atom. The zero-order valence-electron chi connectivity index (χ0n) is 63.9. The molecule has 7 aromatic heterocycles. The van der Waals surface area contributed by atoms with E-state index in [-0.39, 0.29) is 38.0 Å². The highest BCUT2D eigenvalue weighted by molar-refractivity contribution is 14.1. The van der Waals surface area contributed by atoms with Crippen LogP contribution in [0.15, 0.2) is 224 Å². The lowest BCUT2D eigenvalue weighted by Gasteiger charge is -2.15. The van der Waals surface area contributed by atoms with Gasteiger partial charge < -0.3 is 20.9 Å². The molecule has 4 N–H and O–H groups in total. The molecule has 29 heteroatoms. The number of pyridine rings is 6. The molecule has 0 saturated carbocycles. The molecule has 0 aliphatic heterocycles. The van der Waals surface area contributed by atoms with E-state index < -0.39 is 71.3 Å². The van der Waals surface area contributed by atoms with Gasteiger partial charge in [-0.15, -0.1) is 0 Å². The smallest absolute Gasteiger partial charge is 0.399 e. The molecule has 0 saturated heterocycles. The predicted octanol–water partition coefficient (Wildman–Crippen LogP) is 26.2. The number of nitrogen functional groups attached to an aromatic ring is 2. The Hall–Kier alpha value is -11.9. The molecule has 9 aromatic carbocycles. The number of aromatic nitrogens is 7. The Balaban J connectivity index is 0.000000141. The minimum atomic E-state index is -4.42. The highest BCUT2D eigenvalue weighted by atomic mass is 127. The normalized spacial score (nSPS) is 12.0. The maximum atomic E-state index is 13.5. The molecule has 0 fully saturated rings. The molecular formula is C89H71F18IN10. The molecule has 0 aliphatic rings. The molecule has 0 spiro atoms. The van der Waals surface area contributed by atoms with Crippen molar-refractivity contribution in [2.75, 3.05) is 30.5 Å². The zero-order valence-corrected chi connectivity index (χ0v) is 66.1. The molecule has 0 unspecified atom stereocenters. The van der Waals surface area contributed by atoms with Gasteiger partial charge in [0, 0.05) is 118 Å². The summed E-state index contributed by atoms with van der Waals surface area (Å²) in [5.41, 5.74) is 19.5. The monoisotopic (exact) mass is 1750 g/mol. The van der Waals surface area contributed by atoms with Gasteiger partial charge in [0.1, 0.15) is 0 Å². The first kappa shape index (κ1) is 87.0. The summed E-state index contributed by atoms with van der Waals surface area (Å²) in [5.74, 6) is 0. The van der Waals surface area contributed by atoms with Crippen LogP contribution in [0, 0.1) is 38.2 Å². The predicted molar refractivity (Wildman–Crippen MR) is 438 cm³/mol. The number of aryl methyl sites for hydroxylation is 6. The minimum Gasteiger partial charge on any atom is -0.399 e. The van der Waals surface area contributed by atoms with Crippen molar-refractivity contribution in [2.24, 2.45) is 0 Å². The molecule has 10 nitrogen and oxygen atoms in total. The Kier molecular flexibility index (Phi) is 25.6. The summed E-state index contributed by atoms with van der Waals surface area (Å²) in [7, 11) is 3.67. The summed E-state index contributed by atoms with van der Waals surface area (Å²) in [5, 5.41) is 3.35. The summed E-state index contributed by atoms with van der Waals surface area (Å²) >= 11 is 2.05. The van der Waals surface area contributed by atoms with Gasteiger partial charge in [-0.3, -0.25) is 29.9 Å². The lowest BCUT2D eigenvalue weighted by atomic mass is 10.0. The second-order valence-electron chi connectivity index (χ2n) is 27.9.